The Kier molecular flexibility index (Phi) is 5.22. The lowest BCUT2D eigenvalue weighted by atomic mass is 10.4. The van der Waals surface area contributed by atoms with Crippen LogP contribution in [0.5, 0.6) is 0 Å². The van der Waals surface area contributed by atoms with Crippen molar-refractivity contribution >= 4 is 6.21 Å². The molecule has 2 nitrogen and oxygen atoms in total. The summed E-state index contributed by atoms with van der Waals surface area (Å²) >= 11 is 0. The van der Waals surface area contributed by atoms with Gasteiger partial charge in [-0.05, 0) is 14.1 Å². The molecule has 0 amide bonds. The van der Waals surface area contributed by atoms with E-state index in [9.17, 15) is 0 Å². The van der Waals surface area contributed by atoms with Gasteiger partial charge in [-0.25, -0.2) is 4.58 Å². The highest BCUT2D eigenvalue weighted by Crippen LogP contribution is 1.82. The zero-order chi connectivity index (χ0) is 7.98. The van der Waals surface area contributed by atoms with Crippen LogP contribution >= 0.6 is 0 Å². The van der Waals surface area contributed by atoms with Crippen LogP contribution in [0.25, 0.3) is 0 Å². The Morgan fingerprint density at radius 2 is 2.00 bits per heavy atom. The summed E-state index contributed by atoms with van der Waals surface area (Å²) in [5.41, 5.74) is 0. The van der Waals surface area contributed by atoms with Gasteiger partial charge < -0.3 is 4.90 Å². The van der Waals surface area contributed by atoms with Crippen molar-refractivity contribution in [1.29, 1.82) is 0 Å². The van der Waals surface area contributed by atoms with Gasteiger partial charge in [-0.2, -0.15) is 0 Å². The minimum Gasteiger partial charge on any atom is -0.309 e. The SMILES string of the molecule is CC=[N+](C)CCCN(C)C. The molecule has 0 heterocycles. The first-order valence-corrected chi connectivity index (χ1v) is 3.81. The van der Waals surface area contributed by atoms with Crippen LogP contribution in [0.15, 0.2) is 0 Å². The summed E-state index contributed by atoms with van der Waals surface area (Å²) in [7, 11) is 6.32. The van der Waals surface area contributed by atoms with Gasteiger partial charge in [-0.1, -0.05) is 0 Å². The fourth-order valence-electron chi connectivity index (χ4n) is 0.765. The Hall–Kier alpha value is -0.370. The van der Waals surface area contributed by atoms with E-state index in [2.05, 4.69) is 43.8 Å². The molecular weight excluding hydrogens is 124 g/mol. The average molecular weight is 143 g/mol. The molecule has 0 saturated heterocycles. The van der Waals surface area contributed by atoms with E-state index in [-0.39, 0.29) is 0 Å². The topological polar surface area (TPSA) is 6.25 Å². The van der Waals surface area contributed by atoms with Crippen molar-refractivity contribution in [3.63, 3.8) is 0 Å². The maximum atomic E-state index is 2.21. The van der Waals surface area contributed by atoms with Gasteiger partial charge in [-0.3, -0.25) is 0 Å². The molecule has 0 aromatic heterocycles. The first kappa shape index (κ1) is 9.63. The van der Waals surface area contributed by atoms with Gasteiger partial charge in [0.25, 0.3) is 0 Å². The van der Waals surface area contributed by atoms with Crippen molar-refractivity contribution in [3.05, 3.63) is 0 Å². The molecule has 60 valence electrons. The third-order valence-corrected chi connectivity index (χ3v) is 1.56. The summed E-state index contributed by atoms with van der Waals surface area (Å²) in [6, 6.07) is 0. The van der Waals surface area contributed by atoms with Crippen LogP contribution in [-0.4, -0.2) is 49.9 Å². The number of nitrogens with zero attached hydrogens (tertiary/aromatic N) is 2. The molecule has 0 aromatic carbocycles. The first-order valence-electron chi connectivity index (χ1n) is 3.81. The molecular formula is C8H19N2+. The fourth-order valence-corrected chi connectivity index (χ4v) is 0.765. The standard InChI is InChI=1S/C8H19N2/c1-5-10(4)8-6-7-9(2)3/h5H,6-8H2,1-4H3/q+1. The molecule has 0 unspecified atom stereocenters. The lowest BCUT2D eigenvalue weighted by Gasteiger charge is -2.06. The quantitative estimate of drug-likeness (QED) is 0.414. The van der Waals surface area contributed by atoms with Crippen molar-refractivity contribution in [2.75, 3.05) is 34.2 Å². The van der Waals surface area contributed by atoms with Crippen LogP contribution in [0, 0.1) is 0 Å². The van der Waals surface area contributed by atoms with E-state index in [4.69, 9.17) is 0 Å². The molecule has 0 N–H and O–H groups in total. The molecule has 0 rings (SSSR count). The Balaban J connectivity index is 3.20. The molecule has 0 spiro atoms. The molecule has 0 aliphatic carbocycles. The Morgan fingerprint density at radius 1 is 1.40 bits per heavy atom. The van der Waals surface area contributed by atoms with Crippen LogP contribution in [0.2, 0.25) is 0 Å². The molecule has 0 aliphatic rings. The van der Waals surface area contributed by atoms with Crippen molar-refractivity contribution in [1.82, 2.24) is 4.90 Å². The van der Waals surface area contributed by atoms with Crippen molar-refractivity contribution in [2.24, 2.45) is 0 Å². The molecule has 0 fully saturated rings. The average Bonchev–Trinajstić information content (AvgIpc) is 1.87. The monoisotopic (exact) mass is 143 g/mol. The van der Waals surface area contributed by atoms with E-state index >= 15 is 0 Å². The van der Waals surface area contributed by atoms with E-state index < -0.39 is 0 Å². The molecule has 0 radical (unpaired) electrons. The van der Waals surface area contributed by atoms with Gasteiger partial charge in [0.05, 0.1) is 0 Å². The largest absolute Gasteiger partial charge is 0.309 e. The molecule has 0 saturated carbocycles. The summed E-state index contributed by atoms with van der Waals surface area (Å²) in [5.74, 6) is 0. The predicted octanol–water partition coefficient (Wildman–Crippen LogP) is 0.671. The highest BCUT2D eigenvalue weighted by Gasteiger charge is 1.94. The molecule has 0 atom stereocenters. The van der Waals surface area contributed by atoms with Crippen molar-refractivity contribution in [2.45, 2.75) is 13.3 Å². The van der Waals surface area contributed by atoms with Gasteiger partial charge in [0.1, 0.15) is 19.8 Å². The normalized spacial score (nSPS) is 12.7. The van der Waals surface area contributed by atoms with Crippen molar-refractivity contribution < 1.29 is 4.58 Å². The lowest BCUT2D eigenvalue weighted by molar-refractivity contribution is -0.493. The third kappa shape index (κ3) is 5.76. The minimum atomic E-state index is 1.16. The Bertz CT molecular complexity index is 106. The van der Waals surface area contributed by atoms with Gasteiger partial charge in [0.15, 0.2) is 0 Å². The lowest BCUT2D eigenvalue weighted by Crippen LogP contribution is -2.17. The number of hydrogen-bond donors (Lipinski definition) is 0. The van der Waals surface area contributed by atoms with E-state index in [1.165, 1.54) is 13.0 Å². The molecule has 0 bridgehead atoms. The molecule has 10 heavy (non-hydrogen) atoms. The highest BCUT2D eigenvalue weighted by atomic mass is 15.1. The summed E-state index contributed by atoms with van der Waals surface area (Å²) in [5, 5.41) is 0. The van der Waals surface area contributed by atoms with Crippen LogP contribution in [-0.2, 0) is 0 Å². The van der Waals surface area contributed by atoms with Crippen LogP contribution in [0.3, 0.4) is 0 Å². The second-order valence-electron chi connectivity index (χ2n) is 2.90. The van der Waals surface area contributed by atoms with E-state index in [1.54, 1.807) is 0 Å². The second-order valence-corrected chi connectivity index (χ2v) is 2.90. The molecule has 2 heteroatoms. The van der Waals surface area contributed by atoms with Crippen LogP contribution < -0.4 is 0 Å². The summed E-state index contributed by atoms with van der Waals surface area (Å²) in [6.07, 6.45) is 3.35. The zero-order valence-electron chi connectivity index (χ0n) is 7.59. The smallest absolute Gasteiger partial charge is 0.143 e. The number of rotatable bonds is 4. The van der Waals surface area contributed by atoms with Gasteiger partial charge in [0.2, 0.25) is 0 Å². The van der Waals surface area contributed by atoms with Crippen molar-refractivity contribution in [3.8, 4) is 0 Å². The Morgan fingerprint density at radius 3 is 2.40 bits per heavy atom. The predicted molar refractivity (Wildman–Crippen MR) is 46.0 cm³/mol. The fraction of sp³-hybridized carbons (Fsp3) is 0.875. The maximum absolute atomic E-state index is 2.21. The van der Waals surface area contributed by atoms with Gasteiger partial charge >= 0.3 is 0 Å². The highest BCUT2D eigenvalue weighted by molar-refractivity contribution is 5.46. The van der Waals surface area contributed by atoms with Crippen LogP contribution in [0.4, 0.5) is 0 Å². The van der Waals surface area contributed by atoms with E-state index in [1.807, 2.05) is 0 Å². The second kappa shape index (κ2) is 5.42. The van der Waals surface area contributed by atoms with Gasteiger partial charge in [-0.15, -0.1) is 0 Å². The van der Waals surface area contributed by atoms with E-state index in [0.717, 1.165) is 6.54 Å². The maximum Gasteiger partial charge on any atom is 0.143 e. The number of hydrogen-bond acceptors (Lipinski definition) is 1. The minimum absolute atomic E-state index is 1.16. The van der Waals surface area contributed by atoms with E-state index in [0.29, 0.717) is 0 Å². The summed E-state index contributed by atoms with van der Waals surface area (Å²) in [6.45, 7) is 4.41. The molecule has 0 aliphatic heterocycles. The zero-order valence-corrected chi connectivity index (χ0v) is 7.59. The molecule has 0 aromatic rings. The summed E-state index contributed by atoms with van der Waals surface area (Å²) in [4.78, 5) is 2.21. The van der Waals surface area contributed by atoms with Crippen LogP contribution in [0.1, 0.15) is 13.3 Å². The Labute approximate surface area is 64.2 Å². The summed E-state index contributed by atoms with van der Waals surface area (Å²) < 4.78 is 2.21. The third-order valence-electron chi connectivity index (χ3n) is 1.56. The first-order chi connectivity index (χ1) is 4.66. The van der Waals surface area contributed by atoms with Gasteiger partial charge in [0, 0.05) is 19.9 Å².